The Labute approximate surface area is 161 Å². The van der Waals surface area contributed by atoms with E-state index in [4.69, 9.17) is 11.6 Å². The molecule has 0 unspecified atom stereocenters. The summed E-state index contributed by atoms with van der Waals surface area (Å²) in [5.74, 6) is -2.12. The van der Waals surface area contributed by atoms with Crippen LogP contribution in [0.3, 0.4) is 0 Å². The van der Waals surface area contributed by atoms with Crippen molar-refractivity contribution in [1.82, 2.24) is 0 Å². The van der Waals surface area contributed by atoms with Crippen molar-refractivity contribution >= 4 is 46.3 Å². The van der Waals surface area contributed by atoms with E-state index in [-0.39, 0.29) is 11.5 Å². The highest BCUT2D eigenvalue weighted by Crippen LogP contribution is 2.39. The Morgan fingerprint density at radius 2 is 1.74 bits per heavy atom. The van der Waals surface area contributed by atoms with Gasteiger partial charge in [0.05, 0.1) is 11.4 Å². The van der Waals surface area contributed by atoms with Crippen molar-refractivity contribution in [1.29, 1.82) is 0 Å². The molecule has 2 aromatic carbocycles. The van der Waals surface area contributed by atoms with E-state index in [1.807, 2.05) is 18.2 Å². The Kier molecular flexibility index (Phi) is 4.08. The first-order valence-electron chi connectivity index (χ1n) is 8.48. The van der Waals surface area contributed by atoms with E-state index in [0.29, 0.717) is 22.0 Å². The smallest absolute Gasteiger partial charge is 0.259 e. The minimum absolute atomic E-state index is 0.101. The molecule has 2 atom stereocenters. The van der Waals surface area contributed by atoms with Crippen molar-refractivity contribution in [2.75, 3.05) is 9.91 Å². The summed E-state index contributed by atoms with van der Waals surface area (Å²) < 4.78 is 0. The number of amides is 2. The van der Waals surface area contributed by atoms with Gasteiger partial charge in [0.25, 0.3) is 5.91 Å². The van der Waals surface area contributed by atoms with Gasteiger partial charge in [-0.25, -0.2) is 4.90 Å². The number of fused-ring (bicyclic) bond motifs is 1. The third-order valence-corrected chi connectivity index (χ3v) is 5.32. The zero-order valence-corrected chi connectivity index (χ0v) is 15.5. The SMILES string of the molecule is CC(=O)C1=NN(c2ccccc2)[C@H]2C(=O)N(c3cccc(Cl)c3C)C(=O)[C@H]12. The van der Waals surface area contributed by atoms with Crippen LogP contribution in [0.5, 0.6) is 0 Å². The number of ketones is 1. The number of imide groups is 1. The largest absolute Gasteiger partial charge is 0.293 e. The van der Waals surface area contributed by atoms with Crippen LogP contribution in [-0.2, 0) is 14.4 Å². The molecule has 2 heterocycles. The summed E-state index contributed by atoms with van der Waals surface area (Å²) >= 11 is 6.17. The normalized spacial score (nSPS) is 21.5. The van der Waals surface area contributed by atoms with Crippen molar-refractivity contribution < 1.29 is 14.4 Å². The number of halogens is 1. The molecule has 0 bridgehead atoms. The third-order valence-electron chi connectivity index (χ3n) is 4.91. The summed E-state index contributed by atoms with van der Waals surface area (Å²) in [7, 11) is 0. The number of carbonyl (C=O) groups excluding carboxylic acids is 3. The van der Waals surface area contributed by atoms with Gasteiger partial charge in [0.15, 0.2) is 5.78 Å². The second-order valence-electron chi connectivity index (χ2n) is 6.54. The van der Waals surface area contributed by atoms with Crippen LogP contribution in [0.25, 0.3) is 0 Å². The first-order valence-corrected chi connectivity index (χ1v) is 8.86. The predicted octanol–water partition coefficient (Wildman–Crippen LogP) is 2.97. The van der Waals surface area contributed by atoms with Crippen molar-refractivity contribution in [3.8, 4) is 0 Å². The molecule has 0 radical (unpaired) electrons. The Bertz CT molecular complexity index is 1000. The number of hydrazone groups is 1. The number of hydrogen-bond acceptors (Lipinski definition) is 5. The molecule has 7 heteroatoms. The second-order valence-corrected chi connectivity index (χ2v) is 6.95. The molecule has 2 aliphatic rings. The minimum Gasteiger partial charge on any atom is -0.293 e. The van der Waals surface area contributed by atoms with Crippen molar-refractivity contribution in [2.24, 2.45) is 11.0 Å². The van der Waals surface area contributed by atoms with Crippen LogP contribution in [0, 0.1) is 12.8 Å². The van der Waals surface area contributed by atoms with Crippen molar-refractivity contribution in [3.05, 3.63) is 59.1 Å². The average Bonchev–Trinajstić information content (AvgIpc) is 3.16. The monoisotopic (exact) mass is 381 g/mol. The molecule has 0 aromatic heterocycles. The Morgan fingerprint density at radius 3 is 2.41 bits per heavy atom. The number of Topliss-reactive ketones (excluding diaryl/α,β-unsaturated/α-hetero) is 1. The lowest BCUT2D eigenvalue weighted by atomic mass is 9.95. The van der Waals surface area contributed by atoms with E-state index in [2.05, 4.69) is 5.10 Å². The standard InChI is InChI=1S/C20H16ClN3O3/c1-11-14(21)9-6-10-15(11)23-19(26)16-17(12(2)25)22-24(18(16)20(23)27)13-7-4-3-5-8-13/h3-10,16,18H,1-2H3/t16-,18-/m1/s1. The van der Waals surface area contributed by atoms with E-state index in [9.17, 15) is 14.4 Å². The van der Waals surface area contributed by atoms with Crippen LogP contribution < -0.4 is 9.91 Å². The highest BCUT2D eigenvalue weighted by atomic mass is 35.5. The van der Waals surface area contributed by atoms with Gasteiger partial charge in [-0.2, -0.15) is 5.10 Å². The van der Waals surface area contributed by atoms with E-state index >= 15 is 0 Å². The molecular formula is C20H16ClN3O3. The maximum atomic E-state index is 13.2. The molecule has 2 aromatic rings. The second kappa shape index (κ2) is 6.32. The lowest BCUT2D eigenvalue weighted by Crippen LogP contribution is -2.39. The first kappa shape index (κ1) is 17.4. The van der Waals surface area contributed by atoms with E-state index < -0.39 is 23.8 Å². The van der Waals surface area contributed by atoms with E-state index in [1.54, 1.807) is 37.3 Å². The van der Waals surface area contributed by atoms with Gasteiger partial charge in [0, 0.05) is 11.9 Å². The molecule has 4 rings (SSSR count). The summed E-state index contributed by atoms with van der Waals surface area (Å²) in [6.07, 6.45) is 0. The highest BCUT2D eigenvalue weighted by Gasteiger charge is 2.58. The molecule has 27 heavy (non-hydrogen) atoms. The Hall–Kier alpha value is -2.99. The summed E-state index contributed by atoms with van der Waals surface area (Å²) in [5.41, 5.74) is 1.81. The number of hydrogen-bond donors (Lipinski definition) is 0. The summed E-state index contributed by atoms with van der Waals surface area (Å²) in [6, 6.07) is 13.2. The average molecular weight is 382 g/mol. The fraction of sp³-hybridized carbons (Fsp3) is 0.200. The van der Waals surface area contributed by atoms with Crippen molar-refractivity contribution in [3.63, 3.8) is 0 Å². The van der Waals surface area contributed by atoms with E-state index in [1.165, 1.54) is 11.9 Å². The van der Waals surface area contributed by atoms with Crippen molar-refractivity contribution in [2.45, 2.75) is 19.9 Å². The van der Waals surface area contributed by atoms with Gasteiger partial charge in [-0.3, -0.25) is 19.4 Å². The molecule has 0 N–H and O–H groups in total. The molecule has 2 aliphatic heterocycles. The molecule has 6 nitrogen and oxygen atoms in total. The number of rotatable bonds is 3. The summed E-state index contributed by atoms with van der Waals surface area (Å²) in [4.78, 5) is 39.7. The maximum absolute atomic E-state index is 13.2. The predicted molar refractivity (Wildman–Crippen MR) is 103 cm³/mol. The lowest BCUT2D eigenvalue weighted by Gasteiger charge is -2.23. The molecule has 0 saturated carbocycles. The highest BCUT2D eigenvalue weighted by molar-refractivity contribution is 6.49. The number of para-hydroxylation sites is 1. The third kappa shape index (κ3) is 2.56. The van der Waals surface area contributed by atoms with Crippen LogP contribution in [0.1, 0.15) is 12.5 Å². The fourth-order valence-electron chi connectivity index (χ4n) is 3.57. The Morgan fingerprint density at radius 1 is 1.04 bits per heavy atom. The quantitative estimate of drug-likeness (QED) is 0.766. The van der Waals surface area contributed by atoms with Crippen LogP contribution in [0.2, 0.25) is 5.02 Å². The van der Waals surface area contributed by atoms with Gasteiger partial charge >= 0.3 is 0 Å². The van der Waals surface area contributed by atoms with Crippen LogP contribution in [-0.4, -0.2) is 29.4 Å². The summed E-state index contributed by atoms with van der Waals surface area (Å²) in [6.45, 7) is 3.11. The molecule has 136 valence electrons. The molecule has 0 aliphatic carbocycles. The topological polar surface area (TPSA) is 70.1 Å². The molecular weight excluding hydrogens is 366 g/mol. The van der Waals surface area contributed by atoms with Gasteiger partial charge in [-0.1, -0.05) is 35.9 Å². The number of benzene rings is 2. The number of carbonyl (C=O) groups is 3. The zero-order valence-electron chi connectivity index (χ0n) is 14.7. The fourth-order valence-corrected chi connectivity index (χ4v) is 3.74. The van der Waals surface area contributed by atoms with Gasteiger partial charge < -0.3 is 0 Å². The zero-order chi connectivity index (χ0) is 19.3. The molecule has 0 spiro atoms. The van der Waals surface area contributed by atoms with Gasteiger partial charge in [-0.05, 0) is 36.8 Å². The van der Waals surface area contributed by atoms with E-state index in [0.717, 1.165) is 4.90 Å². The van der Waals surface area contributed by atoms with Gasteiger partial charge in [0.2, 0.25) is 5.91 Å². The Balaban J connectivity index is 1.84. The first-order chi connectivity index (χ1) is 12.9. The van der Waals surface area contributed by atoms with Crippen LogP contribution >= 0.6 is 11.6 Å². The van der Waals surface area contributed by atoms with Gasteiger partial charge in [0.1, 0.15) is 17.7 Å². The van der Waals surface area contributed by atoms with Crippen LogP contribution in [0.4, 0.5) is 11.4 Å². The van der Waals surface area contributed by atoms with Crippen LogP contribution in [0.15, 0.2) is 53.6 Å². The maximum Gasteiger partial charge on any atom is 0.259 e. The summed E-state index contributed by atoms with van der Waals surface area (Å²) in [5, 5.41) is 6.25. The molecule has 1 saturated heterocycles. The molecule has 2 amide bonds. The number of anilines is 2. The number of nitrogens with zero attached hydrogens (tertiary/aromatic N) is 3. The van der Waals surface area contributed by atoms with Gasteiger partial charge in [-0.15, -0.1) is 0 Å². The minimum atomic E-state index is -0.923. The lowest BCUT2D eigenvalue weighted by molar-refractivity contribution is -0.122. The molecule has 1 fully saturated rings.